The number of aliphatic hydroxyl groups excluding tert-OH is 1. The fourth-order valence-corrected chi connectivity index (χ4v) is 6.05. The standard InChI is InChI=1S/C15H24N4O6S2/c1-6-11-10(7(2)20)14(21)19(11)12(15(22)23)13(6)26-9-3-8(17-5-9)4-18-27(16,24)25/h6-11,17-18,20H,3-5H2,1-2H3,(H,22,23)(H2,16,24,25)/t6-,7+,8+,9+,10+,11+/m1/s1. The van der Waals surface area contributed by atoms with Crippen LogP contribution in [0.15, 0.2) is 10.6 Å². The molecule has 0 aromatic heterocycles. The molecule has 27 heavy (non-hydrogen) atoms. The average Bonchev–Trinajstić information content (AvgIpc) is 3.07. The maximum Gasteiger partial charge on any atom is 0.353 e. The van der Waals surface area contributed by atoms with Crippen LogP contribution in [0.3, 0.4) is 0 Å². The van der Waals surface area contributed by atoms with E-state index < -0.39 is 28.2 Å². The van der Waals surface area contributed by atoms with Gasteiger partial charge in [0.2, 0.25) is 5.91 Å². The molecule has 12 heteroatoms. The molecule has 6 N–H and O–H groups in total. The van der Waals surface area contributed by atoms with E-state index in [9.17, 15) is 28.2 Å². The molecule has 2 fully saturated rings. The van der Waals surface area contributed by atoms with Crippen LogP contribution in [0.2, 0.25) is 0 Å². The number of nitrogens with two attached hydrogens (primary N) is 1. The van der Waals surface area contributed by atoms with Crippen molar-refractivity contribution in [1.82, 2.24) is 14.9 Å². The third kappa shape index (κ3) is 3.87. The summed E-state index contributed by atoms with van der Waals surface area (Å²) in [6.07, 6.45) is -0.197. The number of aliphatic carboxylic acids is 1. The Bertz CT molecular complexity index is 783. The highest BCUT2D eigenvalue weighted by Crippen LogP contribution is 2.51. The van der Waals surface area contributed by atoms with E-state index in [1.165, 1.54) is 16.7 Å². The molecule has 0 spiro atoms. The summed E-state index contributed by atoms with van der Waals surface area (Å²) in [6.45, 7) is 4.17. The zero-order valence-corrected chi connectivity index (χ0v) is 16.6. The number of amides is 1. The van der Waals surface area contributed by atoms with Crippen LogP contribution in [0.5, 0.6) is 0 Å². The second-order valence-electron chi connectivity index (χ2n) is 7.25. The smallest absolute Gasteiger partial charge is 0.353 e. The second kappa shape index (κ2) is 7.33. The molecule has 0 bridgehead atoms. The van der Waals surface area contributed by atoms with Gasteiger partial charge in [-0.05, 0) is 13.3 Å². The van der Waals surface area contributed by atoms with Gasteiger partial charge in [0.05, 0.1) is 18.1 Å². The molecule has 3 rings (SSSR count). The van der Waals surface area contributed by atoms with Crippen LogP contribution in [-0.4, -0.2) is 71.9 Å². The molecule has 3 heterocycles. The van der Waals surface area contributed by atoms with Gasteiger partial charge >= 0.3 is 5.97 Å². The van der Waals surface area contributed by atoms with E-state index in [0.29, 0.717) is 17.9 Å². The highest BCUT2D eigenvalue weighted by atomic mass is 32.2. The van der Waals surface area contributed by atoms with Crippen molar-refractivity contribution in [2.75, 3.05) is 13.1 Å². The van der Waals surface area contributed by atoms with Gasteiger partial charge in [0.15, 0.2) is 0 Å². The van der Waals surface area contributed by atoms with Crippen molar-refractivity contribution >= 4 is 33.8 Å². The van der Waals surface area contributed by atoms with Crippen LogP contribution in [0.4, 0.5) is 0 Å². The number of nitrogens with zero attached hydrogens (tertiary/aromatic N) is 1. The van der Waals surface area contributed by atoms with Crippen LogP contribution in [-0.2, 0) is 19.8 Å². The van der Waals surface area contributed by atoms with Crippen molar-refractivity contribution in [2.45, 2.75) is 43.7 Å². The maximum absolute atomic E-state index is 12.3. The van der Waals surface area contributed by atoms with Crippen molar-refractivity contribution in [2.24, 2.45) is 17.0 Å². The third-order valence-corrected chi connectivity index (χ3v) is 7.40. The lowest BCUT2D eigenvalue weighted by atomic mass is 9.79. The Balaban J connectivity index is 1.71. The van der Waals surface area contributed by atoms with Gasteiger partial charge in [0.25, 0.3) is 10.2 Å². The monoisotopic (exact) mass is 420 g/mol. The predicted molar refractivity (Wildman–Crippen MR) is 98.5 cm³/mol. The van der Waals surface area contributed by atoms with E-state index in [1.54, 1.807) is 6.92 Å². The number of carboxylic acids is 1. The number of fused-ring (bicyclic) bond motifs is 1. The van der Waals surface area contributed by atoms with Gasteiger partial charge in [0.1, 0.15) is 5.70 Å². The zero-order valence-electron chi connectivity index (χ0n) is 15.0. The maximum atomic E-state index is 12.3. The number of carbonyl (C=O) groups excluding carboxylic acids is 1. The quantitative estimate of drug-likeness (QED) is 0.308. The Morgan fingerprint density at radius 2 is 2.19 bits per heavy atom. The van der Waals surface area contributed by atoms with E-state index in [2.05, 4.69) is 10.0 Å². The molecule has 0 radical (unpaired) electrons. The molecule has 0 unspecified atom stereocenters. The fraction of sp³-hybridized carbons (Fsp3) is 0.733. The summed E-state index contributed by atoms with van der Waals surface area (Å²) in [5.41, 5.74) is 0.00510. The summed E-state index contributed by atoms with van der Waals surface area (Å²) in [5, 5.41) is 27.7. The molecule has 0 saturated carbocycles. The Morgan fingerprint density at radius 3 is 2.74 bits per heavy atom. The first-order valence-electron chi connectivity index (χ1n) is 8.67. The molecule has 3 aliphatic rings. The zero-order chi connectivity index (χ0) is 20.1. The first-order valence-corrected chi connectivity index (χ1v) is 11.1. The number of nitrogens with one attached hydrogen (secondary N) is 2. The number of hydrogen-bond acceptors (Lipinski definition) is 7. The number of rotatable bonds is 7. The summed E-state index contributed by atoms with van der Waals surface area (Å²) in [7, 11) is -3.76. The van der Waals surface area contributed by atoms with E-state index in [-0.39, 0.29) is 41.4 Å². The Kier molecular flexibility index (Phi) is 5.58. The van der Waals surface area contributed by atoms with Crippen LogP contribution in [0.25, 0.3) is 0 Å². The second-order valence-corrected chi connectivity index (χ2v) is 9.97. The topological polar surface area (TPSA) is 162 Å². The molecule has 6 atom stereocenters. The van der Waals surface area contributed by atoms with Gasteiger partial charge < -0.3 is 20.4 Å². The number of thioether (sulfide) groups is 1. The Hall–Kier alpha value is -1.18. The summed E-state index contributed by atoms with van der Waals surface area (Å²) >= 11 is 1.41. The van der Waals surface area contributed by atoms with Gasteiger partial charge in [-0.2, -0.15) is 8.42 Å². The van der Waals surface area contributed by atoms with Crippen LogP contribution in [0.1, 0.15) is 20.3 Å². The summed E-state index contributed by atoms with van der Waals surface area (Å²) < 4.78 is 24.3. The summed E-state index contributed by atoms with van der Waals surface area (Å²) in [5.74, 6) is -2.27. The summed E-state index contributed by atoms with van der Waals surface area (Å²) in [4.78, 5) is 26.1. The minimum atomic E-state index is -3.76. The van der Waals surface area contributed by atoms with Crippen molar-refractivity contribution in [3.8, 4) is 0 Å². The SMILES string of the molecule is C[C@H](O)[C@@H]1C(=O)N2C(C(=O)O)=C(S[C@@H]3CN[C@H](CNS(N)(=O)=O)C3)[C@H](C)[C@@H]12. The minimum absolute atomic E-state index is 0.00510. The van der Waals surface area contributed by atoms with Gasteiger partial charge in [-0.3, -0.25) is 4.79 Å². The molecule has 10 nitrogen and oxygen atoms in total. The van der Waals surface area contributed by atoms with E-state index in [1.807, 2.05) is 6.92 Å². The van der Waals surface area contributed by atoms with Crippen LogP contribution in [0, 0.1) is 11.8 Å². The first-order chi connectivity index (χ1) is 12.5. The Labute approximate surface area is 161 Å². The normalized spacial score (nSPS) is 34.6. The number of β-lactam (4-membered cyclic amide) rings is 1. The first kappa shape index (κ1) is 20.6. The van der Waals surface area contributed by atoms with Gasteiger partial charge in [-0.15, -0.1) is 11.8 Å². The van der Waals surface area contributed by atoms with E-state index in [4.69, 9.17) is 5.14 Å². The molecule has 3 aliphatic heterocycles. The lowest BCUT2D eigenvalue weighted by Gasteiger charge is -2.46. The van der Waals surface area contributed by atoms with E-state index in [0.717, 1.165) is 0 Å². The average molecular weight is 421 g/mol. The number of carbonyl (C=O) groups is 2. The lowest BCUT2D eigenvalue weighted by Crippen LogP contribution is -2.63. The number of carboxylic acid groups (broad SMARTS) is 1. The predicted octanol–water partition coefficient (Wildman–Crippen LogP) is -1.60. The van der Waals surface area contributed by atoms with Crippen molar-refractivity contribution < 1.29 is 28.2 Å². The molecule has 0 aromatic rings. The highest BCUT2D eigenvalue weighted by Gasteiger charge is 2.60. The molecular weight excluding hydrogens is 396 g/mol. The van der Waals surface area contributed by atoms with Gasteiger partial charge in [-0.1, -0.05) is 6.92 Å². The van der Waals surface area contributed by atoms with Crippen LogP contribution < -0.4 is 15.2 Å². The van der Waals surface area contributed by atoms with Gasteiger partial charge in [0, 0.05) is 35.2 Å². The lowest BCUT2D eigenvalue weighted by molar-refractivity contribution is -0.163. The Morgan fingerprint density at radius 1 is 1.52 bits per heavy atom. The molecule has 0 aromatic carbocycles. The third-order valence-electron chi connectivity index (χ3n) is 5.32. The summed E-state index contributed by atoms with van der Waals surface area (Å²) in [6, 6.07) is -0.435. The fourth-order valence-electron chi connectivity index (χ4n) is 4.10. The van der Waals surface area contributed by atoms with E-state index >= 15 is 0 Å². The molecule has 2 saturated heterocycles. The number of aliphatic hydroxyl groups is 1. The largest absolute Gasteiger partial charge is 0.477 e. The molecule has 0 aliphatic carbocycles. The highest BCUT2D eigenvalue weighted by molar-refractivity contribution is 8.03. The van der Waals surface area contributed by atoms with Crippen molar-refractivity contribution in [3.63, 3.8) is 0 Å². The molecule has 1 amide bonds. The van der Waals surface area contributed by atoms with Crippen molar-refractivity contribution in [1.29, 1.82) is 0 Å². The molecular formula is C15H24N4O6S2. The van der Waals surface area contributed by atoms with Gasteiger partial charge in [-0.25, -0.2) is 14.7 Å². The number of hydrogen-bond donors (Lipinski definition) is 5. The van der Waals surface area contributed by atoms with Crippen molar-refractivity contribution in [3.05, 3.63) is 10.6 Å². The molecule has 152 valence electrons. The minimum Gasteiger partial charge on any atom is -0.477 e. The van der Waals surface area contributed by atoms with Crippen LogP contribution >= 0.6 is 11.8 Å².